The van der Waals surface area contributed by atoms with E-state index in [1.54, 1.807) is 11.8 Å². The summed E-state index contributed by atoms with van der Waals surface area (Å²) in [7, 11) is 0. The van der Waals surface area contributed by atoms with E-state index in [-0.39, 0.29) is 0 Å². The average Bonchev–Trinajstić information content (AvgIpc) is 2.31. The quantitative estimate of drug-likeness (QED) is 0.300. The second-order valence-corrected chi connectivity index (χ2v) is 4.47. The first-order valence-corrected chi connectivity index (χ1v) is 6.06. The van der Waals surface area contributed by atoms with Gasteiger partial charge in [0.1, 0.15) is 0 Å². The molecule has 1 aromatic carbocycles. The van der Waals surface area contributed by atoms with Crippen LogP contribution >= 0.6 is 11.8 Å². The molecule has 1 nitrogen and oxygen atoms in total. The Bertz CT molecular complexity index is 387. The van der Waals surface area contributed by atoms with E-state index < -0.39 is 0 Å². The lowest BCUT2D eigenvalue weighted by Crippen LogP contribution is -1.82. The maximum absolute atomic E-state index is 6.75. The van der Waals surface area contributed by atoms with Gasteiger partial charge in [-0.05, 0) is 23.5 Å². The molecular formula is C14H15NS. The van der Waals surface area contributed by atoms with Crippen LogP contribution in [-0.2, 0) is 0 Å². The maximum atomic E-state index is 6.75. The molecule has 0 heterocycles. The van der Waals surface area contributed by atoms with E-state index in [9.17, 15) is 0 Å². The molecule has 2 heteroatoms. The minimum Gasteiger partial charge on any atom is -0.317 e. The van der Waals surface area contributed by atoms with Crippen LogP contribution < -0.4 is 0 Å². The molecule has 0 spiro atoms. The molecule has 0 aromatic heterocycles. The SMILES string of the molecule is [C-]#[N+]CCC/C(=C/C=C)Sc1ccccc1. The molecule has 1 aromatic rings. The van der Waals surface area contributed by atoms with Gasteiger partial charge in [0.2, 0.25) is 6.54 Å². The first-order chi connectivity index (χ1) is 7.86. The molecule has 0 aliphatic rings. The summed E-state index contributed by atoms with van der Waals surface area (Å²) in [4.78, 5) is 5.87. The Labute approximate surface area is 102 Å². The molecule has 0 N–H and O–H groups in total. The molecule has 0 bridgehead atoms. The molecular weight excluding hydrogens is 214 g/mol. The van der Waals surface area contributed by atoms with Crippen molar-refractivity contribution in [3.8, 4) is 0 Å². The molecule has 0 saturated heterocycles. The highest BCUT2D eigenvalue weighted by Gasteiger charge is 2.00. The monoisotopic (exact) mass is 229 g/mol. The van der Waals surface area contributed by atoms with Gasteiger partial charge in [-0.15, -0.1) is 0 Å². The van der Waals surface area contributed by atoms with Gasteiger partial charge in [-0.3, -0.25) is 0 Å². The Kier molecular flexibility index (Phi) is 6.13. The van der Waals surface area contributed by atoms with Crippen molar-refractivity contribution in [3.63, 3.8) is 0 Å². The summed E-state index contributed by atoms with van der Waals surface area (Å²) < 4.78 is 0. The third-order valence-electron chi connectivity index (χ3n) is 1.99. The number of hydrogen-bond acceptors (Lipinski definition) is 1. The zero-order valence-electron chi connectivity index (χ0n) is 9.23. The average molecular weight is 229 g/mol. The zero-order valence-corrected chi connectivity index (χ0v) is 10.0. The van der Waals surface area contributed by atoms with Gasteiger partial charge in [0, 0.05) is 11.3 Å². The summed E-state index contributed by atoms with van der Waals surface area (Å²) in [6.45, 7) is 11.1. The highest BCUT2D eigenvalue weighted by atomic mass is 32.2. The lowest BCUT2D eigenvalue weighted by molar-refractivity contribution is 0.913. The summed E-state index contributed by atoms with van der Waals surface area (Å²) >= 11 is 1.75. The standard InChI is InChI=1S/C14H15NS/c1-3-8-13(11-7-12-15-2)16-14-9-5-4-6-10-14/h3-6,8-10H,1,7,11-12H2/b13-8-. The maximum Gasteiger partial charge on any atom is 0.215 e. The summed E-state index contributed by atoms with van der Waals surface area (Å²) in [5, 5.41) is 0. The molecule has 0 aliphatic carbocycles. The van der Waals surface area contributed by atoms with Crippen molar-refractivity contribution in [2.45, 2.75) is 17.7 Å². The normalized spacial score (nSPS) is 10.8. The number of benzene rings is 1. The fraction of sp³-hybridized carbons (Fsp3) is 0.214. The summed E-state index contributed by atoms with van der Waals surface area (Å²) in [6, 6.07) is 10.3. The molecule has 1 rings (SSSR count). The molecule has 0 saturated carbocycles. The van der Waals surface area contributed by atoms with E-state index in [2.05, 4.69) is 23.6 Å². The predicted molar refractivity (Wildman–Crippen MR) is 71.3 cm³/mol. The van der Waals surface area contributed by atoms with Crippen LogP contribution in [0.5, 0.6) is 0 Å². The summed E-state index contributed by atoms with van der Waals surface area (Å²) in [5.74, 6) is 0. The third kappa shape index (κ3) is 4.86. The zero-order chi connectivity index (χ0) is 11.6. The van der Waals surface area contributed by atoms with Gasteiger partial charge in [0.25, 0.3) is 0 Å². The Morgan fingerprint density at radius 2 is 2.12 bits per heavy atom. The second-order valence-electron chi connectivity index (χ2n) is 3.27. The van der Waals surface area contributed by atoms with E-state index in [0.29, 0.717) is 6.54 Å². The molecule has 82 valence electrons. The van der Waals surface area contributed by atoms with Crippen molar-refractivity contribution in [3.05, 3.63) is 65.4 Å². The summed E-state index contributed by atoms with van der Waals surface area (Å²) in [6.07, 6.45) is 5.71. The third-order valence-corrected chi connectivity index (χ3v) is 3.10. The van der Waals surface area contributed by atoms with Crippen molar-refractivity contribution in [1.82, 2.24) is 0 Å². The lowest BCUT2D eigenvalue weighted by atomic mass is 10.3. The van der Waals surface area contributed by atoms with Crippen molar-refractivity contribution in [1.29, 1.82) is 0 Å². The second kappa shape index (κ2) is 7.78. The first-order valence-electron chi connectivity index (χ1n) is 5.24. The summed E-state index contributed by atoms with van der Waals surface area (Å²) in [5.41, 5.74) is 0. The Hall–Kier alpha value is -1.46. The topological polar surface area (TPSA) is 4.36 Å². The van der Waals surface area contributed by atoms with E-state index in [4.69, 9.17) is 6.57 Å². The number of hydrogen-bond donors (Lipinski definition) is 0. The van der Waals surface area contributed by atoms with Crippen molar-refractivity contribution >= 4 is 11.8 Å². The van der Waals surface area contributed by atoms with Crippen molar-refractivity contribution < 1.29 is 0 Å². The van der Waals surface area contributed by atoms with Gasteiger partial charge >= 0.3 is 0 Å². The Balaban J connectivity index is 2.56. The largest absolute Gasteiger partial charge is 0.317 e. The molecule has 0 amide bonds. The molecule has 0 radical (unpaired) electrons. The van der Waals surface area contributed by atoms with Gasteiger partial charge in [0.05, 0.1) is 0 Å². The van der Waals surface area contributed by atoms with Crippen LogP contribution in [0.25, 0.3) is 4.85 Å². The molecule has 0 fully saturated rings. The Morgan fingerprint density at radius 1 is 1.38 bits per heavy atom. The van der Waals surface area contributed by atoms with E-state index in [0.717, 1.165) is 12.8 Å². The number of rotatable bonds is 6. The van der Waals surface area contributed by atoms with Crippen LogP contribution in [0.2, 0.25) is 0 Å². The van der Waals surface area contributed by atoms with Crippen LogP contribution in [0, 0.1) is 6.57 Å². The fourth-order valence-electron chi connectivity index (χ4n) is 1.27. The molecule has 16 heavy (non-hydrogen) atoms. The highest BCUT2D eigenvalue weighted by molar-refractivity contribution is 8.03. The van der Waals surface area contributed by atoms with Crippen LogP contribution in [0.4, 0.5) is 0 Å². The minimum atomic E-state index is 0.601. The predicted octanol–water partition coefficient (Wildman–Crippen LogP) is 4.55. The highest BCUT2D eigenvalue weighted by Crippen LogP contribution is 2.29. The minimum absolute atomic E-state index is 0.601. The van der Waals surface area contributed by atoms with Crippen LogP contribution in [-0.4, -0.2) is 6.54 Å². The fourth-order valence-corrected chi connectivity index (χ4v) is 2.28. The lowest BCUT2D eigenvalue weighted by Gasteiger charge is -2.04. The van der Waals surface area contributed by atoms with Gasteiger partial charge < -0.3 is 4.85 Å². The molecule has 0 atom stereocenters. The van der Waals surface area contributed by atoms with E-state index in [1.807, 2.05) is 30.4 Å². The van der Waals surface area contributed by atoms with Crippen LogP contribution in [0.1, 0.15) is 12.8 Å². The molecule has 0 aliphatic heterocycles. The van der Waals surface area contributed by atoms with Gasteiger partial charge in [-0.25, -0.2) is 6.57 Å². The van der Waals surface area contributed by atoms with Gasteiger partial charge in [-0.2, -0.15) is 0 Å². The molecule has 0 unspecified atom stereocenters. The van der Waals surface area contributed by atoms with Gasteiger partial charge in [0.15, 0.2) is 0 Å². The number of allylic oxidation sites excluding steroid dienone is 3. The van der Waals surface area contributed by atoms with Crippen molar-refractivity contribution in [2.75, 3.05) is 6.54 Å². The van der Waals surface area contributed by atoms with E-state index in [1.165, 1.54) is 9.80 Å². The number of nitrogens with zero attached hydrogens (tertiary/aromatic N) is 1. The van der Waals surface area contributed by atoms with Crippen LogP contribution in [0.3, 0.4) is 0 Å². The number of thioether (sulfide) groups is 1. The van der Waals surface area contributed by atoms with Gasteiger partial charge in [-0.1, -0.05) is 48.7 Å². The van der Waals surface area contributed by atoms with Crippen LogP contribution in [0.15, 0.2) is 58.9 Å². The first kappa shape index (κ1) is 12.6. The smallest absolute Gasteiger partial charge is 0.215 e. The van der Waals surface area contributed by atoms with Crippen molar-refractivity contribution in [2.24, 2.45) is 0 Å². The van der Waals surface area contributed by atoms with E-state index >= 15 is 0 Å². The Morgan fingerprint density at radius 3 is 2.75 bits per heavy atom.